The highest BCUT2D eigenvalue weighted by molar-refractivity contribution is 6.14. The fourth-order valence-corrected chi connectivity index (χ4v) is 9.85. The van der Waals surface area contributed by atoms with E-state index in [-0.39, 0.29) is 0 Å². The van der Waals surface area contributed by atoms with E-state index in [1.807, 2.05) is 12.1 Å². The van der Waals surface area contributed by atoms with Gasteiger partial charge in [0.25, 0.3) is 0 Å². The van der Waals surface area contributed by atoms with Crippen LogP contribution < -0.4 is 4.90 Å². The molecule has 13 aromatic rings. The molecule has 2 heterocycles. The van der Waals surface area contributed by atoms with Crippen LogP contribution in [0.1, 0.15) is 0 Å². The van der Waals surface area contributed by atoms with Gasteiger partial charge in [0.1, 0.15) is 22.3 Å². The van der Waals surface area contributed by atoms with E-state index in [1.54, 1.807) is 0 Å². The molecule has 0 atom stereocenters. The number of fused-ring (bicyclic) bond motifs is 8. The van der Waals surface area contributed by atoms with Gasteiger partial charge >= 0.3 is 0 Å². The Bertz CT molecular complexity index is 3930. The monoisotopic (exact) mass is 829 g/mol. The van der Waals surface area contributed by atoms with Gasteiger partial charge in [-0.05, 0) is 116 Å². The molecule has 0 aliphatic rings. The van der Waals surface area contributed by atoms with Crippen molar-refractivity contribution in [2.75, 3.05) is 4.90 Å². The average molecular weight is 830 g/mol. The topological polar surface area (TPSA) is 29.5 Å². The highest BCUT2D eigenvalue weighted by Gasteiger charge is 2.21. The lowest BCUT2D eigenvalue weighted by Crippen LogP contribution is -2.11. The summed E-state index contributed by atoms with van der Waals surface area (Å²) in [6, 6.07) is 84.7. The molecule has 3 nitrogen and oxygen atoms in total. The lowest BCUT2D eigenvalue weighted by atomic mass is 9.96. The van der Waals surface area contributed by atoms with E-state index in [1.165, 1.54) is 32.8 Å². The Balaban J connectivity index is 0.916. The number of hydrogen-bond acceptors (Lipinski definition) is 3. The Kier molecular flexibility index (Phi) is 8.53. The predicted molar refractivity (Wildman–Crippen MR) is 272 cm³/mol. The Hall–Kier alpha value is -8.66. The van der Waals surface area contributed by atoms with Crippen LogP contribution >= 0.6 is 0 Å². The third kappa shape index (κ3) is 6.28. The third-order valence-electron chi connectivity index (χ3n) is 13.1. The second-order valence-electron chi connectivity index (χ2n) is 16.8. The van der Waals surface area contributed by atoms with Crippen LogP contribution in [0.3, 0.4) is 0 Å². The highest BCUT2D eigenvalue weighted by Crippen LogP contribution is 2.45. The molecule has 0 radical (unpaired) electrons. The Labute approximate surface area is 375 Å². The maximum Gasteiger partial charge on any atom is 0.143 e. The lowest BCUT2D eigenvalue weighted by molar-refractivity contribution is 0.669. The summed E-state index contributed by atoms with van der Waals surface area (Å²) in [5, 5.41) is 9.35. The fourth-order valence-electron chi connectivity index (χ4n) is 9.85. The fraction of sp³-hybridized carbons (Fsp3) is 0. The molecule has 0 amide bonds. The maximum absolute atomic E-state index is 6.80. The normalized spacial score (nSPS) is 11.7. The van der Waals surface area contributed by atoms with Crippen LogP contribution in [-0.4, -0.2) is 0 Å². The van der Waals surface area contributed by atoms with Gasteiger partial charge in [0.2, 0.25) is 0 Å². The van der Waals surface area contributed by atoms with E-state index >= 15 is 0 Å². The van der Waals surface area contributed by atoms with E-state index in [2.05, 4.69) is 229 Å². The van der Waals surface area contributed by atoms with Gasteiger partial charge in [-0.2, -0.15) is 0 Å². The van der Waals surface area contributed by atoms with Gasteiger partial charge in [-0.1, -0.05) is 176 Å². The van der Waals surface area contributed by atoms with Crippen LogP contribution in [0.15, 0.2) is 245 Å². The van der Waals surface area contributed by atoms with Gasteiger partial charge in [-0.3, -0.25) is 0 Å². The van der Waals surface area contributed by atoms with Crippen molar-refractivity contribution in [1.82, 2.24) is 0 Å². The van der Waals surface area contributed by atoms with E-state index < -0.39 is 0 Å². The van der Waals surface area contributed by atoms with Gasteiger partial charge in [-0.25, -0.2) is 0 Å². The first-order valence-electron chi connectivity index (χ1n) is 22.1. The molecule has 0 bridgehead atoms. The number of benzene rings is 11. The van der Waals surface area contributed by atoms with Crippen molar-refractivity contribution in [3.63, 3.8) is 0 Å². The minimum atomic E-state index is 0.879. The highest BCUT2D eigenvalue weighted by atomic mass is 16.3. The number of anilines is 3. The number of hydrogen-bond donors (Lipinski definition) is 0. The summed E-state index contributed by atoms with van der Waals surface area (Å²) in [7, 11) is 0. The van der Waals surface area contributed by atoms with Crippen molar-refractivity contribution in [2.24, 2.45) is 0 Å². The van der Waals surface area contributed by atoms with Gasteiger partial charge in [0, 0.05) is 44.0 Å². The first-order chi connectivity index (χ1) is 32.2. The first-order valence-corrected chi connectivity index (χ1v) is 22.1. The van der Waals surface area contributed by atoms with Crippen LogP contribution in [0.4, 0.5) is 17.1 Å². The molecular weight excluding hydrogens is 791 g/mol. The van der Waals surface area contributed by atoms with Gasteiger partial charge in [0.15, 0.2) is 0 Å². The van der Waals surface area contributed by atoms with Crippen molar-refractivity contribution < 1.29 is 8.83 Å². The molecule has 0 aliphatic heterocycles. The molecule has 0 spiro atoms. The molecule has 13 rings (SSSR count). The molecule has 65 heavy (non-hydrogen) atoms. The van der Waals surface area contributed by atoms with Crippen LogP contribution in [0, 0.1) is 0 Å². The van der Waals surface area contributed by atoms with E-state index in [4.69, 9.17) is 8.83 Å². The summed E-state index contributed by atoms with van der Waals surface area (Å²) >= 11 is 0. The van der Waals surface area contributed by atoms with Crippen molar-refractivity contribution in [3.05, 3.63) is 237 Å². The van der Waals surface area contributed by atoms with Crippen molar-refractivity contribution >= 4 is 82.5 Å². The summed E-state index contributed by atoms with van der Waals surface area (Å²) in [6.45, 7) is 0. The zero-order valence-corrected chi connectivity index (χ0v) is 35.3. The summed E-state index contributed by atoms with van der Waals surface area (Å²) in [6.07, 6.45) is 0. The van der Waals surface area contributed by atoms with Gasteiger partial charge < -0.3 is 13.7 Å². The van der Waals surface area contributed by atoms with Crippen LogP contribution in [-0.2, 0) is 0 Å². The lowest BCUT2D eigenvalue weighted by Gasteiger charge is -2.28. The minimum absolute atomic E-state index is 0.879. The Morgan fingerprint density at radius 3 is 1.55 bits per heavy atom. The van der Waals surface area contributed by atoms with Crippen molar-refractivity contribution in [1.29, 1.82) is 0 Å². The summed E-state index contributed by atoms with van der Waals surface area (Å²) in [4.78, 5) is 2.37. The van der Waals surface area contributed by atoms with Crippen LogP contribution in [0.5, 0.6) is 0 Å². The SMILES string of the molecule is c1ccc(N(c2ccc(-c3ccc(-c4cccc5ccccc45)cc3)cc2)c2ccc(-c3ccc4c(c3)oc3ccccc34)cc2)c(-c2cccc3c2oc2cc4ccccc4cc23)c1. The molecular formula is C62H39NO2. The molecule has 0 fully saturated rings. The average Bonchev–Trinajstić information content (AvgIpc) is 3.94. The maximum atomic E-state index is 6.80. The zero-order chi connectivity index (χ0) is 42.8. The number of nitrogens with zero attached hydrogens (tertiary/aromatic N) is 1. The van der Waals surface area contributed by atoms with E-state index in [9.17, 15) is 0 Å². The van der Waals surface area contributed by atoms with E-state index in [0.29, 0.717) is 0 Å². The quantitative estimate of drug-likeness (QED) is 0.160. The molecule has 0 saturated heterocycles. The van der Waals surface area contributed by atoms with Gasteiger partial charge in [0.05, 0.1) is 5.69 Å². The molecule has 11 aromatic carbocycles. The largest absolute Gasteiger partial charge is 0.456 e. The molecule has 0 unspecified atom stereocenters. The molecule has 3 heteroatoms. The number of para-hydroxylation sites is 3. The summed E-state index contributed by atoms with van der Waals surface area (Å²) < 4.78 is 13.1. The third-order valence-corrected chi connectivity index (χ3v) is 13.1. The van der Waals surface area contributed by atoms with Crippen molar-refractivity contribution in [2.45, 2.75) is 0 Å². The van der Waals surface area contributed by atoms with E-state index in [0.717, 1.165) is 94.1 Å². The molecule has 0 saturated carbocycles. The first kappa shape index (κ1) is 36.9. The zero-order valence-electron chi connectivity index (χ0n) is 35.3. The minimum Gasteiger partial charge on any atom is -0.456 e. The standard InChI is InChI=1S/C62H39NO2/c1-2-13-46-38-61-57(37-45(46)12-1)56-20-10-19-55(62(56)65-61)52-16-5-7-21-58(52)63(49-34-29-42(30-35-49)47-31-36-54-53-17-6-8-22-59(53)64-60(54)39-47)48-32-27-41(28-33-48)40-23-25-44(26-24-40)51-18-9-14-43-11-3-4-15-50(43)51/h1-39H. The number of rotatable bonds is 7. The molecule has 304 valence electrons. The molecule has 2 aromatic heterocycles. The smallest absolute Gasteiger partial charge is 0.143 e. The van der Waals surface area contributed by atoms with Crippen LogP contribution in [0.2, 0.25) is 0 Å². The Morgan fingerprint density at radius 1 is 0.262 bits per heavy atom. The second kappa shape index (κ2) is 15.0. The Morgan fingerprint density at radius 2 is 0.769 bits per heavy atom. The summed E-state index contributed by atoms with van der Waals surface area (Å²) in [5.74, 6) is 0. The molecule has 0 aliphatic carbocycles. The predicted octanol–water partition coefficient (Wildman–Crippen LogP) is 17.9. The molecule has 0 N–H and O–H groups in total. The van der Waals surface area contributed by atoms with Crippen LogP contribution in [0.25, 0.3) is 110 Å². The second-order valence-corrected chi connectivity index (χ2v) is 16.8. The van der Waals surface area contributed by atoms with Gasteiger partial charge in [-0.15, -0.1) is 0 Å². The van der Waals surface area contributed by atoms with Crippen molar-refractivity contribution in [3.8, 4) is 44.5 Å². The number of furan rings is 2. The summed E-state index contributed by atoms with van der Waals surface area (Å²) in [5.41, 5.74) is 15.8.